The quantitative estimate of drug-likeness (QED) is 0.817. The molecule has 2 heteroatoms. The van der Waals surface area contributed by atoms with E-state index in [9.17, 15) is 0 Å². The predicted molar refractivity (Wildman–Crippen MR) is 76.1 cm³/mol. The lowest BCUT2D eigenvalue weighted by atomic mass is 9.79. The zero-order valence-electron chi connectivity index (χ0n) is 12.5. The fraction of sp³-hybridized carbons (Fsp3) is 1.00. The Morgan fingerprint density at radius 1 is 1.29 bits per heavy atom. The molecular weight excluding hydrogens is 208 g/mol. The summed E-state index contributed by atoms with van der Waals surface area (Å²) in [6.07, 6.45) is 5.15. The van der Waals surface area contributed by atoms with Crippen LogP contribution in [0, 0.1) is 11.3 Å². The van der Waals surface area contributed by atoms with Crippen molar-refractivity contribution in [2.45, 2.75) is 72.4 Å². The molecule has 1 heterocycles. The van der Waals surface area contributed by atoms with Crippen molar-refractivity contribution >= 4 is 0 Å². The Bertz CT molecular complexity index is 219. The molecular formula is C15H32N2. The summed E-state index contributed by atoms with van der Waals surface area (Å²) in [6.45, 7) is 14.0. The normalized spacial score (nSPS) is 26.8. The monoisotopic (exact) mass is 240 g/mol. The van der Waals surface area contributed by atoms with Gasteiger partial charge in [-0.1, -0.05) is 41.0 Å². The molecule has 2 nitrogen and oxygen atoms in total. The highest BCUT2D eigenvalue weighted by Gasteiger charge is 2.36. The fourth-order valence-corrected chi connectivity index (χ4v) is 3.37. The molecule has 1 rings (SSSR count). The van der Waals surface area contributed by atoms with Gasteiger partial charge in [0.05, 0.1) is 0 Å². The number of nitrogens with two attached hydrogens (primary N) is 1. The zero-order valence-corrected chi connectivity index (χ0v) is 12.5. The molecule has 1 aliphatic heterocycles. The van der Waals surface area contributed by atoms with E-state index < -0.39 is 0 Å². The third kappa shape index (κ3) is 3.96. The minimum atomic E-state index is 0.283. The van der Waals surface area contributed by atoms with Crippen LogP contribution in [0.15, 0.2) is 0 Å². The fourth-order valence-electron chi connectivity index (χ4n) is 3.37. The molecule has 0 saturated carbocycles. The Morgan fingerprint density at radius 2 is 1.94 bits per heavy atom. The maximum atomic E-state index is 6.38. The highest BCUT2D eigenvalue weighted by atomic mass is 15.2. The molecule has 0 amide bonds. The van der Waals surface area contributed by atoms with Crippen molar-refractivity contribution in [1.29, 1.82) is 0 Å². The van der Waals surface area contributed by atoms with Crippen LogP contribution in [0.4, 0.5) is 0 Å². The van der Waals surface area contributed by atoms with E-state index >= 15 is 0 Å². The summed E-state index contributed by atoms with van der Waals surface area (Å²) in [5, 5.41) is 0. The first kappa shape index (κ1) is 15.0. The summed E-state index contributed by atoms with van der Waals surface area (Å²) in [5.74, 6) is 0.887. The first-order valence-electron chi connectivity index (χ1n) is 7.39. The largest absolute Gasteiger partial charge is 0.326 e. The molecule has 0 radical (unpaired) electrons. The van der Waals surface area contributed by atoms with Crippen LogP contribution in [0.25, 0.3) is 0 Å². The molecule has 0 aromatic carbocycles. The summed E-state index contributed by atoms with van der Waals surface area (Å²) >= 11 is 0. The Kier molecular flexibility index (Phi) is 5.46. The van der Waals surface area contributed by atoms with Gasteiger partial charge in [-0.3, -0.25) is 4.90 Å². The van der Waals surface area contributed by atoms with Gasteiger partial charge >= 0.3 is 0 Å². The van der Waals surface area contributed by atoms with Crippen LogP contribution in [-0.2, 0) is 0 Å². The average molecular weight is 240 g/mol. The van der Waals surface area contributed by atoms with Gasteiger partial charge in [0, 0.05) is 18.6 Å². The molecule has 1 fully saturated rings. The van der Waals surface area contributed by atoms with Gasteiger partial charge in [-0.05, 0) is 37.1 Å². The second-order valence-corrected chi connectivity index (χ2v) is 6.79. The van der Waals surface area contributed by atoms with E-state index in [0.717, 1.165) is 12.3 Å². The number of likely N-dealkylation sites (tertiary alicyclic amines) is 1. The van der Waals surface area contributed by atoms with Gasteiger partial charge in [-0.15, -0.1) is 0 Å². The molecule has 0 aliphatic carbocycles. The van der Waals surface area contributed by atoms with Crippen molar-refractivity contribution in [2.75, 3.05) is 13.1 Å². The number of hydrogen-bond acceptors (Lipinski definition) is 2. The molecule has 3 atom stereocenters. The molecule has 0 aromatic heterocycles. The molecule has 102 valence electrons. The molecule has 0 spiro atoms. The van der Waals surface area contributed by atoms with Gasteiger partial charge in [0.15, 0.2) is 0 Å². The van der Waals surface area contributed by atoms with Crippen LogP contribution in [0.1, 0.15) is 60.3 Å². The highest BCUT2D eigenvalue weighted by Crippen LogP contribution is 2.31. The molecule has 2 N–H and O–H groups in total. The lowest BCUT2D eigenvalue weighted by Crippen LogP contribution is -2.57. The van der Waals surface area contributed by atoms with E-state index in [4.69, 9.17) is 5.73 Å². The van der Waals surface area contributed by atoms with Crippen molar-refractivity contribution in [3.63, 3.8) is 0 Å². The number of hydrogen-bond donors (Lipinski definition) is 1. The minimum absolute atomic E-state index is 0.283. The van der Waals surface area contributed by atoms with Crippen molar-refractivity contribution in [3.8, 4) is 0 Å². The number of nitrogens with zero attached hydrogens (tertiary/aromatic N) is 1. The summed E-state index contributed by atoms with van der Waals surface area (Å²) in [4.78, 5) is 2.67. The molecule has 3 unspecified atom stereocenters. The summed E-state index contributed by atoms with van der Waals surface area (Å²) in [7, 11) is 0. The third-order valence-corrected chi connectivity index (χ3v) is 4.29. The van der Waals surface area contributed by atoms with Crippen molar-refractivity contribution in [3.05, 3.63) is 0 Å². The molecule has 1 saturated heterocycles. The minimum Gasteiger partial charge on any atom is -0.326 e. The zero-order chi connectivity index (χ0) is 13.1. The van der Waals surface area contributed by atoms with Gasteiger partial charge in [-0.2, -0.15) is 0 Å². The van der Waals surface area contributed by atoms with E-state index in [1.54, 1.807) is 0 Å². The van der Waals surface area contributed by atoms with Crippen LogP contribution in [0.5, 0.6) is 0 Å². The van der Waals surface area contributed by atoms with Gasteiger partial charge in [-0.25, -0.2) is 0 Å². The molecule has 17 heavy (non-hydrogen) atoms. The number of piperidine rings is 1. The van der Waals surface area contributed by atoms with E-state index in [0.29, 0.717) is 12.1 Å². The molecule has 1 aliphatic rings. The Morgan fingerprint density at radius 3 is 2.41 bits per heavy atom. The first-order valence-corrected chi connectivity index (χ1v) is 7.39. The van der Waals surface area contributed by atoms with E-state index in [1.807, 2.05) is 0 Å². The van der Waals surface area contributed by atoms with Gasteiger partial charge in [0.25, 0.3) is 0 Å². The SMILES string of the molecule is CCC1CCCN(C(C(N)CC)C(C)(C)C)C1. The van der Waals surface area contributed by atoms with Crippen LogP contribution < -0.4 is 5.73 Å². The topological polar surface area (TPSA) is 29.3 Å². The van der Waals surface area contributed by atoms with E-state index in [-0.39, 0.29) is 5.41 Å². The second kappa shape index (κ2) is 6.19. The first-order chi connectivity index (χ1) is 7.90. The maximum Gasteiger partial charge on any atom is 0.0295 e. The van der Waals surface area contributed by atoms with Gasteiger partial charge in [0.2, 0.25) is 0 Å². The smallest absolute Gasteiger partial charge is 0.0295 e. The van der Waals surface area contributed by atoms with Crippen LogP contribution in [0.3, 0.4) is 0 Å². The maximum absolute atomic E-state index is 6.38. The highest BCUT2D eigenvalue weighted by molar-refractivity contribution is 4.92. The van der Waals surface area contributed by atoms with Crippen LogP contribution >= 0.6 is 0 Å². The van der Waals surface area contributed by atoms with Crippen molar-refractivity contribution in [2.24, 2.45) is 17.1 Å². The van der Waals surface area contributed by atoms with Gasteiger partial charge < -0.3 is 5.73 Å². The summed E-state index contributed by atoms with van der Waals surface area (Å²) < 4.78 is 0. The third-order valence-electron chi connectivity index (χ3n) is 4.29. The standard InChI is InChI=1S/C15H32N2/c1-6-12-9-8-10-17(11-12)14(13(16)7-2)15(3,4)5/h12-14H,6-11,16H2,1-5H3. The summed E-state index contributed by atoms with van der Waals surface area (Å²) in [6, 6.07) is 0.840. The molecule has 0 aromatic rings. The lowest BCUT2D eigenvalue weighted by molar-refractivity contribution is 0.0391. The Balaban J connectivity index is 2.76. The van der Waals surface area contributed by atoms with E-state index in [1.165, 1.54) is 32.4 Å². The number of rotatable bonds is 4. The van der Waals surface area contributed by atoms with Crippen molar-refractivity contribution in [1.82, 2.24) is 4.90 Å². The van der Waals surface area contributed by atoms with Crippen molar-refractivity contribution < 1.29 is 0 Å². The Hall–Kier alpha value is -0.0800. The second-order valence-electron chi connectivity index (χ2n) is 6.79. The Labute approximate surface area is 108 Å². The summed E-state index contributed by atoms with van der Waals surface area (Å²) in [5.41, 5.74) is 6.66. The van der Waals surface area contributed by atoms with E-state index in [2.05, 4.69) is 39.5 Å². The van der Waals surface area contributed by atoms with Crippen LogP contribution in [0.2, 0.25) is 0 Å². The lowest BCUT2D eigenvalue weighted by Gasteiger charge is -2.46. The predicted octanol–water partition coefficient (Wildman–Crippen LogP) is 3.26. The van der Waals surface area contributed by atoms with Gasteiger partial charge in [0.1, 0.15) is 0 Å². The average Bonchev–Trinajstić information content (AvgIpc) is 2.27. The molecule has 0 bridgehead atoms. The van der Waals surface area contributed by atoms with Crippen LogP contribution in [-0.4, -0.2) is 30.1 Å².